The molecule has 0 unspecified atom stereocenters. The number of aldehydes is 1. The molecule has 3 aromatic carbocycles. The number of aryl methyl sites for hydroxylation is 1. The molecule has 3 aromatic rings. The predicted molar refractivity (Wildman–Crippen MR) is 125 cm³/mol. The third kappa shape index (κ3) is 7.56. The second-order valence-corrected chi connectivity index (χ2v) is 9.32. The Morgan fingerprint density at radius 3 is 1.97 bits per heavy atom. The van der Waals surface area contributed by atoms with Crippen LogP contribution in [0.5, 0.6) is 0 Å². The first-order chi connectivity index (χ1) is 16.4. The van der Waals surface area contributed by atoms with Gasteiger partial charge in [-0.25, -0.2) is 4.39 Å². The van der Waals surface area contributed by atoms with Crippen molar-refractivity contribution in [3.63, 3.8) is 0 Å². The number of hydrogen-bond donors (Lipinski definition) is 0. The molecule has 34 heavy (non-hydrogen) atoms. The van der Waals surface area contributed by atoms with E-state index < -0.39 is 28.5 Å². The summed E-state index contributed by atoms with van der Waals surface area (Å²) in [6.45, 7) is 1.62. The van der Waals surface area contributed by atoms with E-state index in [1.54, 1.807) is 36.4 Å². The highest BCUT2D eigenvalue weighted by Gasteiger charge is 2.36. The molecule has 0 aromatic heterocycles. The van der Waals surface area contributed by atoms with E-state index in [1.165, 1.54) is 12.1 Å². The molecule has 0 radical (unpaired) electrons. The lowest BCUT2D eigenvalue weighted by Crippen LogP contribution is -2.44. The van der Waals surface area contributed by atoms with E-state index in [2.05, 4.69) is 0 Å². The van der Waals surface area contributed by atoms with E-state index in [0.29, 0.717) is 0 Å². The summed E-state index contributed by atoms with van der Waals surface area (Å²) in [7, 11) is -4.28. The monoisotopic (exact) mass is 486 g/mol. The third-order valence-corrected chi connectivity index (χ3v) is 6.40. The summed E-state index contributed by atoms with van der Waals surface area (Å²) in [5.41, 5.74) is 2.45. The van der Waals surface area contributed by atoms with Crippen LogP contribution in [0.3, 0.4) is 0 Å². The maximum Gasteiger partial charge on any atom is 0.297 e. The number of benzene rings is 3. The lowest BCUT2D eigenvalue weighted by molar-refractivity contribution is -0.129. The van der Waals surface area contributed by atoms with Gasteiger partial charge in [-0.2, -0.15) is 8.42 Å². The standard InChI is InChI=1S/C26H27FO6S/c1-20-12-14-23(15-13-20)34(29,30)33-25(19-31-17-21-8-4-2-5-9-21)26(24(27)16-28)32-18-22-10-6-3-7-11-22/h2-16,24-26H,17-19H2,1H3/t24-,25+,26+/m1/s1. The van der Waals surface area contributed by atoms with Gasteiger partial charge in [-0.15, -0.1) is 0 Å². The van der Waals surface area contributed by atoms with Crippen LogP contribution < -0.4 is 0 Å². The topological polar surface area (TPSA) is 78.9 Å². The zero-order chi connectivity index (χ0) is 24.4. The van der Waals surface area contributed by atoms with E-state index in [1.807, 2.05) is 43.3 Å². The van der Waals surface area contributed by atoms with Gasteiger partial charge in [0.25, 0.3) is 10.1 Å². The molecule has 0 aliphatic heterocycles. The molecule has 0 saturated carbocycles. The van der Waals surface area contributed by atoms with Crippen LogP contribution in [0, 0.1) is 6.92 Å². The van der Waals surface area contributed by atoms with Crippen LogP contribution in [0.4, 0.5) is 4.39 Å². The quantitative estimate of drug-likeness (QED) is 0.263. The highest BCUT2D eigenvalue weighted by molar-refractivity contribution is 7.86. The summed E-state index contributed by atoms with van der Waals surface area (Å²) >= 11 is 0. The molecule has 0 fully saturated rings. The maximum absolute atomic E-state index is 14.7. The molecule has 8 heteroatoms. The molecule has 3 atom stereocenters. The van der Waals surface area contributed by atoms with Gasteiger partial charge in [0.2, 0.25) is 0 Å². The van der Waals surface area contributed by atoms with Crippen molar-refractivity contribution in [1.29, 1.82) is 0 Å². The molecule has 0 spiro atoms. The fourth-order valence-electron chi connectivity index (χ4n) is 3.22. The zero-order valence-corrected chi connectivity index (χ0v) is 19.6. The van der Waals surface area contributed by atoms with Gasteiger partial charge in [0.05, 0.1) is 24.7 Å². The Hall–Kier alpha value is -2.91. The van der Waals surface area contributed by atoms with E-state index in [0.717, 1.165) is 16.7 Å². The zero-order valence-electron chi connectivity index (χ0n) is 18.7. The Balaban J connectivity index is 1.81. The van der Waals surface area contributed by atoms with Gasteiger partial charge in [0, 0.05) is 0 Å². The number of hydrogen-bond acceptors (Lipinski definition) is 6. The Labute approximate surface area is 199 Å². The second kappa shape index (κ2) is 12.5. The normalized spacial score (nSPS) is 14.3. The van der Waals surface area contributed by atoms with Crippen LogP contribution in [0.25, 0.3) is 0 Å². The molecule has 3 rings (SSSR count). The van der Waals surface area contributed by atoms with E-state index in [9.17, 15) is 17.6 Å². The highest BCUT2D eigenvalue weighted by Crippen LogP contribution is 2.21. The van der Waals surface area contributed by atoms with Gasteiger partial charge in [-0.3, -0.25) is 4.18 Å². The van der Waals surface area contributed by atoms with Crippen LogP contribution in [-0.4, -0.2) is 39.7 Å². The van der Waals surface area contributed by atoms with Crippen LogP contribution in [0.2, 0.25) is 0 Å². The van der Waals surface area contributed by atoms with Crippen molar-refractivity contribution in [2.45, 2.75) is 43.4 Å². The minimum Gasteiger partial charge on any atom is -0.374 e. The summed E-state index contributed by atoms with van der Waals surface area (Å²) < 4.78 is 57.3. The van der Waals surface area contributed by atoms with Gasteiger partial charge >= 0.3 is 0 Å². The van der Waals surface area contributed by atoms with Crippen molar-refractivity contribution in [3.05, 3.63) is 102 Å². The van der Waals surface area contributed by atoms with Crippen LogP contribution >= 0.6 is 0 Å². The molecule has 6 nitrogen and oxygen atoms in total. The Bertz CT molecular complexity index is 1120. The summed E-state index contributed by atoms with van der Waals surface area (Å²) in [6.07, 6.45) is -4.96. The Morgan fingerprint density at radius 1 is 0.853 bits per heavy atom. The number of ether oxygens (including phenoxy) is 2. The van der Waals surface area contributed by atoms with Crippen LogP contribution in [0.15, 0.2) is 89.8 Å². The minimum absolute atomic E-state index is 0.0388. The van der Waals surface area contributed by atoms with Gasteiger partial charge in [0.1, 0.15) is 12.2 Å². The van der Waals surface area contributed by atoms with Crippen molar-refractivity contribution in [3.8, 4) is 0 Å². The minimum atomic E-state index is -4.28. The predicted octanol–water partition coefficient (Wildman–Crippen LogP) is 4.41. The van der Waals surface area contributed by atoms with Crippen molar-refractivity contribution < 1.29 is 31.3 Å². The van der Waals surface area contributed by atoms with Gasteiger partial charge in [-0.05, 0) is 30.2 Å². The summed E-state index contributed by atoms with van der Waals surface area (Å²) in [5.74, 6) is 0. The van der Waals surface area contributed by atoms with Crippen molar-refractivity contribution in [2.24, 2.45) is 0 Å². The smallest absolute Gasteiger partial charge is 0.297 e. The summed E-state index contributed by atoms with van der Waals surface area (Å²) in [5, 5.41) is 0. The number of rotatable bonds is 13. The number of alkyl halides is 1. The fourth-order valence-corrected chi connectivity index (χ4v) is 4.29. The van der Waals surface area contributed by atoms with E-state index in [-0.39, 0.29) is 31.0 Å². The number of carbonyl (C=O) groups is 1. The largest absolute Gasteiger partial charge is 0.374 e. The van der Waals surface area contributed by atoms with Crippen LogP contribution in [0.1, 0.15) is 16.7 Å². The van der Waals surface area contributed by atoms with Crippen molar-refractivity contribution in [2.75, 3.05) is 6.61 Å². The van der Waals surface area contributed by atoms with Crippen molar-refractivity contribution >= 4 is 16.4 Å². The molecule has 0 N–H and O–H groups in total. The highest BCUT2D eigenvalue weighted by atomic mass is 32.2. The first-order valence-corrected chi connectivity index (χ1v) is 12.2. The molecule has 0 saturated heterocycles. The van der Waals surface area contributed by atoms with Gasteiger partial charge < -0.3 is 14.3 Å². The second-order valence-electron chi connectivity index (χ2n) is 7.74. The third-order valence-electron chi connectivity index (χ3n) is 5.05. The maximum atomic E-state index is 14.7. The number of carbonyl (C=O) groups excluding carboxylic acids is 1. The molecule has 0 bridgehead atoms. The SMILES string of the molecule is Cc1ccc(S(=O)(=O)O[C@@H](COCc2ccccc2)[C@@H](OCc2ccccc2)[C@H](F)C=O)cc1. The molecule has 180 valence electrons. The summed E-state index contributed by atoms with van der Waals surface area (Å²) in [4.78, 5) is 11.2. The van der Waals surface area contributed by atoms with Crippen molar-refractivity contribution in [1.82, 2.24) is 0 Å². The Kier molecular flexibility index (Phi) is 9.47. The summed E-state index contributed by atoms with van der Waals surface area (Å²) in [6, 6.07) is 24.2. The lowest BCUT2D eigenvalue weighted by Gasteiger charge is -2.27. The van der Waals surface area contributed by atoms with Gasteiger partial charge in [-0.1, -0.05) is 78.4 Å². The van der Waals surface area contributed by atoms with E-state index >= 15 is 0 Å². The molecular weight excluding hydrogens is 459 g/mol. The molecule has 0 amide bonds. The lowest BCUT2D eigenvalue weighted by atomic mass is 10.1. The Morgan fingerprint density at radius 2 is 1.41 bits per heavy atom. The molecular formula is C26H27FO6S. The number of halogens is 1. The first kappa shape index (κ1) is 25.7. The molecule has 0 heterocycles. The van der Waals surface area contributed by atoms with E-state index in [4.69, 9.17) is 13.7 Å². The first-order valence-electron chi connectivity index (χ1n) is 10.8. The average molecular weight is 487 g/mol. The van der Waals surface area contributed by atoms with Gasteiger partial charge in [0.15, 0.2) is 12.5 Å². The average Bonchev–Trinajstić information content (AvgIpc) is 2.85. The molecule has 0 aliphatic rings. The molecule has 0 aliphatic carbocycles. The fraction of sp³-hybridized carbons (Fsp3) is 0.269. The van der Waals surface area contributed by atoms with Crippen LogP contribution in [-0.2, 0) is 41.8 Å².